The lowest BCUT2D eigenvalue weighted by atomic mass is 10.2. The number of nitrogens with two attached hydrogens (primary N) is 1. The van der Waals surface area contributed by atoms with Crippen LogP contribution in [0.2, 0.25) is 0 Å². The van der Waals surface area contributed by atoms with Crippen LogP contribution in [-0.4, -0.2) is 27.5 Å². The number of carbonyl (C=O) groups excluding carboxylic acids is 1. The molecule has 0 bridgehead atoms. The molecule has 3 N–H and O–H groups in total. The SMILES string of the molecule is Cn1c(CCCNC(=O)C2(N)CC2)nc2ccccc21. The lowest BCUT2D eigenvalue weighted by molar-refractivity contribution is -0.123. The molecule has 0 unspecified atom stereocenters. The van der Waals surface area contributed by atoms with Crippen LogP contribution < -0.4 is 11.1 Å². The number of rotatable bonds is 5. The summed E-state index contributed by atoms with van der Waals surface area (Å²) in [5, 5.41) is 2.91. The molecule has 2 aromatic rings. The summed E-state index contributed by atoms with van der Waals surface area (Å²) in [4.78, 5) is 16.3. The maximum Gasteiger partial charge on any atom is 0.240 e. The molecule has 1 saturated carbocycles. The first-order valence-corrected chi connectivity index (χ1v) is 7.08. The number of imidazole rings is 1. The van der Waals surface area contributed by atoms with Gasteiger partial charge in [0.25, 0.3) is 0 Å². The van der Waals surface area contributed by atoms with Crippen molar-refractivity contribution < 1.29 is 4.79 Å². The number of carbonyl (C=O) groups is 1. The number of hydrogen-bond acceptors (Lipinski definition) is 3. The number of para-hydroxylation sites is 2. The predicted octanol–water partition coefficient (Wildman–Crippen LogP) is 1.11. The van der Waals surface area contributed by atoms with Crippen LogP contribution in [-0.2, 0) is 18.3 Å². The molecule has 0 radical (unpaired) electrons. The fourth-order valence-corrected chi connectivity index (χ4v) is 2.41. The molecule has 106 valence electrons. The smallest absolute Gasteiger partial charge is 0.240 e. The van der Waals surface area contributed by atoms with E-state index in [1.54, 1.807) is 0 Å². The van der Waals surface area contributed by atoms with Crippen LogP contribution in [0.3, 0.4) is 0 Å². The third kappa shape index (κ3) is 2.41. The van der Waals surface area contributed by atoms with Crippen molar-refractivity contribution >= 4 is 16.9 Å². The van der Waals surface area contributed by atoms with Crippen LogP contribution in [0.25, 0.3) is 11.0 Å². The van der Waals surface area contributed by atoms with Gasteiger partial charge in [-0.1, -0.05) is 12.1 Å². The van der Waals surface area contributed by atoms with Gasteiger partial charge in [0.2, 0.25) is 5.91 Å². The Kier molecular flexibility index (Phi) is 3.22. The Morgan fingerprint density at radius 3 is 2.90 bits per heavy atom. The number of aryl methyl sites for hydroxylation is 2. The summed E-state index contributed by atoms with van der Waals surface area (Å²) >= 11 is 0. The van der Waals surface area contributed by atoms with Crippen molar-refractivity contribution in [2.75, 3.05) is 6.54 Å². The van der Waals surface area contributed by atoms with Gasteiger partial charge in [-0.3, -0.25) is 4.79 Å². The number of aromatic nitrogens is 2. The van der Waals surface area contributed by atoms with E-state index in [2.05, 4.69) is 20.9 Å². The number of hydrogen-bond donors (Lipinski definition) is 2. The minimum atomic E-state index is -0.572. The van der Waals surface area contributed by atoms with Gasteiger partial charge in [-0.15, -0.1) is 0 Å². The van der Waals surface area contributed by atoms with Gasteiger partial charge in [0.05, 0.1) is 16.6 Å². The van der Waals surface area contributed by atoms with Gasteiger partial charge >= 0.3 is 0 Å². The number of benzene rings is 1. The van der Waals surface area contributed by atoms with E-state index in [0.717, 1.165) is 42.5 Å². The Morgan fingerprint density at radius 2 is 2.20 bits per heavy atom. The second-order valence-electron chi connectivity index (χ2n) is 5.59. The van der Waals surface area contributed by atoms with Gasteiger partial charge < -0.3 is 15.6 Å². The van der Waals surface area contributed by atoms with Crippen molar-refractivity contribution in [3.63, 3.8) is 0 Å². The largest absolute Gasteiger partial charge is 0.354 e. The van der Waals surface area contributed by atoms with Crippen molar-refractivity contribution in [3.05, 3.63) is 30.1 Å². The van der Waals surface area contributed by atoms with E-state index in [0.29, 0.717) is 6.54 Å². The number of nitrogens with one attached hydrogen (secondary N) is 1. The van der Waals surface area contributed by atoms with Gasteiger partial charge in [-0.05, 0) is 31.4 Å². The molecule has 1 fully saturated rings. The molecule has 3 rings (SSSR count). The van der Waals surface area contributed by atoms with Crippen LogP contribution in [0, 0.1) is 0 Å². The van der Waals surface area contributed by atoms with Crippen molar-refractivity contribution in [2.24, 2.45) is 12.8 Å². The highest BCUT2D eigenvalue weighted by atomic mass is 16.2. The maximum absolute atomic E-state index is 11.7. The van der Waals surface area contributed by atoms with E-state index in [1.165, 1.54) is 0 Å². The average Bonchev–Trinajstić information content (AvgIpc) is 3.13. The van der Waals surface area contributed by atoms with Gasteiger partial charge in [0.15, 0.2) is 0 Å². The van der Waals surface area contributed by atoms with E-state index in [4.69, 9.17) is 5.73 Å². The van der Waals surface area contributed by atoms with Crippen LogP contribution in [0.15, 0.2) is 24.3 Å². The number of amides is 1. The van der Waals surface area contributed by atoms with E-state index in [9.17, 15) is 4.79 Å². The minimum Gasteiger partial charge on any atom is -0.354 e. The van der Waals surface area contributed by atoms with Crippen molar-refractivity contribution in [3.8, 4) is 0 Å². The van der Waals surface area contributed by atoms with Gasteiger partial charge in [-0.25, -0.2) is 4.98 Å². The van der Waals surface area contributed by atoms with Gasteiger partial charge in [0, 0.05) is 20.0 Å². The molecule has 0 atom stereocenters. The minimum absolute atomic E-state index is 0.0116. The molecule has 5 heteroatoms. The molecule has 0 spiro atoms. The molecule has 1 aromatic heterocycles. The molecule has 1 aromatic carbocycles. The quantitative estimate of drug-likeness (QED) is 0.801. The summed E-state index contributed by atoms with van der Waals surface area (Å²) in [5.41, 5.74) is 7.42. The summed E-state index contributed by atoms with van der Waals surface area (Å²) in [7, 11) is 2.03. The zero-order chi connectivity index (χ0) is 14.2. The first-order chi connectivity index (χ1) is 9.60. The number of fused-ring (bicyclic) bond motifs is 1. The molecular weight excluding hydrogens is 252 g/mol. The molecule has 1 aliphatic rings. The Balaban J connectivity index is 1.55. The topological polar surface area (TPSA) is 72.9 Å². The summed E-state index contributed by atoms with van der Waals surface area (Å²) < 4.78 is 2.11. The average molecular weight is 272 g/mol. The highest BCUT2D eigenvalue weighted by Crippen LogP contribution is 2.31. The monoisotopic (exact) mass is 272 g/mol. The molecule has 0 saturated heterocycles. The Hall–Kier alpha value is -1.88. The normalized spacial score (nSPS) is 16.3. The van der Waals surface area contributed by atoms with E-state index in [-0.39, 0.29) is 5.91 Å². The standard InChI is InChI=1S/C15H20N4O/c1-19-12-6-3-2-5-11(12)18-13(19)7-4-10-17-14(20)15(16)8-9-15/h2-3,5-6H,4,7-10,16H2,1H3,(H,17,20). The molecule has 1 amide bonds. The summed E-state index contributed by atoms with van der Waals surface area (Å²) in [6.45, 7) is 0.654. The summed E-state index contributed by atoms with van der Waals surface area (Å²) in [6, 6.07) is 8.10. The van der Waals surface area contributed by atoms with E-state index < -0.39 is 5.54 Å². The second kappa shape index (κ2) is 4.90. The summed E-state index contributed by atoms with van der Waals surface area (Å²) in [6.07, 6.45) is 3.34. The molecular formula is C15H20N4O. The van der Waals surface area contributed by atoms with Gasteiger partial charge in [-0.2, -0.15) is 0 Å². The number of nitrogens with zero attached hydrogens (tertiary/aromatic N) is 2. The van der Waals surface area contributed by atoms with Crippen LogP contribution in [0.5, 0.6) is 0 Å². The van der Waals surface area contributed by atoms with Crippen LogP contribution in [0.4, 0.5) is 0 Å². The second-order valence-corrected chi connectivity index (χ2v) is 5.59. The van der Waals surface area contributed by atoms with Crippen molar-refractivity contribution in [1.82, 2.24) is 14.9 Å². The first-order valence-electron chi connectivity index (χ1n) is 7.08. The third-order valence-electron chi connectivity index (χ3n) is 3.98. The van der Waals surface area contributed by atoms with Gasteiger partial charge in [0.1, 0.15) is 5.82 Å². The Morgan fingerprint density at radius 1 is 1.45 bits per heavy atom. The highest BCUT2D eigenvalue weighted by molar-refractivity contribution is 5.88. The molecule has 1 aliphatic carbocycles. The van der Waals surface area contributed by atoms with E-state index in [1.807, 2.05) is 25.2 Å². The fourth-order valence-electron chi connectivity index (χ4n) is 2.41. The Bertz CT molecular complexity index is 642. The Labute approximate surface area is 118 Å². The van der Waals surface area contributed by atoms with Crippen LogP contribution >= 0.6 is 0 Å². The third-order valence-corrected chi connectivity index (χ3v) is 3.98. The van der Waals surface area contributed by atoms with Crippen LogP contribution in [0.1, 0.15) is 25.1 Å². The molecule has 5 nitrogen and oxygen atoms in total. The molecule has 1 heterocycles. The fraction of sp³-hybridized carbons (Fsp3) is 0.467. The van der Waals surface area contributed by atoms with Crippen molar-refractivity contribution in [2.45, 2.75) is 31.2 Å². The molecule has 0 aliphatic heterocycles. The predicted molar refractivity (Wildman–Crippen MR) is 78.2 cm³/mol. The lowest BCUT2D eigenvalue weighted by Gasteiger charge is -2.09. The highest BCUT2D eigenvalue weighted by Gasteiger charge is 2.45. The van der Waals surface area contributed by atoms with Crippen molar-refractivity contribution in [1.29, 1.82) is 0 Å². The zero-order valence-electron chi connectivity index (χ0n) is 11.7. The summed E-state index contributed by atoms with van der Waals surface area (Å²) in [5.74, 6) is 1.04. The maximum atomic E-state index is 11.7. The first kappa shape index (κ1) is 13.1. The lowest BCUT2D eigenvalue weighted by Crippen LogP contribution is -2.43. The van der Waals surface area contributed by atoms with E-state index >= 15 is 0 Å². The zero-order valence-corrected chi connectivity index (χ0v) is 11.7. The molecule has 20 heavy (non-hydrogen) atoms.